The maximum absolute atomic E-state index is 13.3. The van der Waals surface area contributed by atoms with Crippen LogP contribution in [0.15, 0.2) is 36.4 Å². The molecular weight excluding hydrogens is 420 g/mol. The predicted octanol–water partition coefficient (Wildman–Crippen LogP) is 1.82. The molecular formula is C25H36N4O4. The Balaban J connectivity index is 1.73. The molecule has 1 aromatic rings. The summed E-state index contributed by atoms with van der Waals surface area (Å²) in [5, 5.41) is 5.87. The molecule has 3 amide bonds. The van der Waals surface area contributed by atoms with E-state index in [0.29, 0.717) is 63.6 Å². The fourth-order valence-electron chi connectivity index (χ4n) is 4.60. The minimum atomic E-state index is -0.607. The van der Waals surface area contributed by atoms with Gasteiger partial charge in [0, 0.05) is 32.7 Å². The summed E-state index contributed by atoms with van der Waals surface area (Å²) in [5.41, 5.74) is -0.129. The van der Waals surface area contributed by atoms with Gasteiger partial charge in [-0.2, -0.15) is 0 Å². The van der Waals surface area contributed by atoms with Crippen molar-refractivity contribution in [1.29, 1.82) is 0 Å². The van der Waals surface area contributed by atoms with Crippen molar-refractivity contribution in [2.75, 3.05) is 52.4 Å². The van der Waals surface area contributed by atoms with E-state index in [4.69, 9.17) is 4.74 Å². The van der Waals surface area contributed by atoms with Gasteiger partial charge in [0.25, 0.3) is 5.91 Å². The van der Waals surface area contributed by atoms with Crippen LogP contribution in [0.2, 0.25) is 0 Å². The van der Waals surface area contributed by atoms with Crippen LogP contribution in [-0.2, 0) is 9.59 Å². The highest BCUT2D eigenvalue weighted by molar-refractivity contribution is 5.97. The normalized spacial score (nSPS) is 23.5. The SMILES string of the molecule is CCN(CC)C(=O)CN1CCCC2(C/C=C\COc3ccccc3C(=O)NCCNC2=O)C1. The highest BCUT2D eigenvalue weighted by atomic mass is 16.5. The average Bonchev–Trinajstić information content (AvgIpc) is 2.82. The molecule has 2 aliphatic rings. The Labute approximate surface area is 196 Å². The van der Waals surface area contributed by atoms with Crippen LogP contribution in [0.3, 0.4) is 0 Å². The first-order chi connectivity index (χ1) is 16.0. The molecule has 33 heavy (non-hydrogen) atoms. The molecule has 2 N–H and O–H groups in total. The summed E-state index contributed by atoms with van der Waals surface area (Å²) in [6.07, 6.45) is 6.08. The number of likely N-dealkylation sites (tertiary alicyclic amines) is 1. The number of rotatable bonds is 4. The van der Waals surface area contributed by atoms with Gasteiger partial charge in [0.1, 0.15) is 12.4 Å². The quantitative estimate of drug-likeness (QED) is 0.675. The summed E-state index contributed by atoms with van der Waals surface area (Å²) < 4.78 is 5.82. The lowest BCUT2D eigenvalue weighted by atomic mass is 9.76. The van der Waals surface area contributed by atoms with E-state index in [1.165, 1.54) is 0 Å². The summed E-state index contributed by atoms with van der Waals surface area (Å²) in [6.45, 7) is 7.99. The van der Waals surface area contributed by atoms with Gasteiger partial charge < -0.3 is 20.3 Å². The van der Waals surface area contributed by atoms with Crippen LogP contribution < -0.4 is 15.4 Å². The van der Waals surface area contributed by atoms with Gasteiger partial charge in [0.15, 0.2) is 0 Å². The zero-order valence-electron chi connectivity index (χ0n) is 19.8. The Bertz CT molecular complexity index is 868. The summed E-state index contributed by atoms with van der Waals surface area (Å²) in [6, 6.07) is 7.14. The number of ether oxygens (including phenoxy) is 1. The van der Waals surface area contributed by atoms with Crippen LogP contribution in [-0.4, -0.2) is 79.9 Å². The number of carbonyl (C=O) groups excluding carboxylic acids is 3. The van der Waals surface area contributed by atoms with Crippen molar-refractivity contribution in [3.63, 3.8) is 0 Å². The lowest BCUT2D eigenvalue weighted by Crippen LogP contribution is -2.54. The second-order valence-corrected chi connectivity index (χ2v) is 8.66. The van der Waals surface area contributed by atoms with Crippen molar-refractivity contribution in [2.24, 2.45) is 5.41 Å². The van der Waals surface area contributed by atoms with Crippen molar-refractivity contribution in [3.05, 3.63) is 42.0 Å². The number of amides is 3. The molecule has 1 fully saturated rings. The molecule has 0 saturated carbocycles. The van der Waals surface area contributed by atoms with Crippen molar-refractivity contribution in [3.8, 4) is 5.75 Å². The van der Waals surface area contributed by atoms with Crippen LogP contribution in [0, 0.1) is 5.41 Å². The van der Waals surface area contributed by atoms with Crippen LogP contribution in [0.25, 0.3) is 0 Å². The first kappa shape index (κ1) is 24.8. The molecule has 180 valence electrons. The number of fused-ring (bicyclic) bond motifs is 1. The number of hydrogen-bond acceptors (Lipinski definition) is 5. The standard InChI is InChI=1S/C25H36N4O4/c1-3-29(4-2)22(30)18-28-16-9-13-25(19-28)12-7-8-17-33-21-11-6-5-10-20(21)23(31)26-14-15-27-24(25)32/h5-8,10-11H,3-4,9,12-19H2,1-2H3,(H,26,31)(H,27,32)/b8-7-. The number of para-hydroxylation sites is 1. The van der Waals surface area contributed by atoms with Crippen molar-refractivity contribution < 1.29 is 19.1 Å². The molecule has 8 nitrogen and oxygen atoms in total. The first-order valence-electron chi connectivity index (χ1n) is 11.9. The molecule has 2 aliphatic heterocycles. The summed E-state index contributed by atoms with van der Waals surface area (Å²) >= 11 is 0. The molecule has 3 rings (SSSR count). The van der Waals surface area contributed by atoms with E-state index in [1.807, 2.05) is 37.0 Å². The third-order valence-corrected chi connectivity index (χ3v) is 6.45. The molecule has 1 unspecified atom stereocenters. The second kappa shape index (κ2) is 11.8. The van der Waals surface area contributed by atoms with E-state index in [1.54, 1.807) is 18.2 Å². The van der Waals surface area contributed by atoms with Crippen LogP contribution in [0.4, 0.5) is 0 Å². The lowest BCUT2D eigenvalue weighted by Gasteiger charge is -2.41. The van der Waals surface area contributed by atoms with Crippen molar-refractivity contribution in [1.82, 2.24) is 20.4 Å². The van der Waals surface area contributed by atoms with Crippen molar-refractivity contribution >= 4 is 17.7 Å². The summed E-state index contributed by atoms with van der Waals surface area (Å²) in [7, 11) is 0. The Kier molecular flexibility index (Phi) is 8.88. The second-order valence-electron chi connectivity index (χ2n) is 8.66. The highest BCUT2D eigenvalue weighted by Crippen LogP contribution is 2.34. The van der Waals surface area contributed by atoms with Gasteiger partial charge in [-0.15, -0.1) is 0 Å². The highest BCUT2D eigenvalue weighted by Gasteiger charge is 2.41. The average molecular weight is 457 g/mol. The molecule has 2 heterocycles. The van der Waals surface area contributed by atoms with Crippen LogP contribution in [0.5, 0.6) is 5.75 Å². The predicted molar refractivity (Wildman–Crippen MR) is 127 cm³/mol. The van der Waals surface area contributed by atoms with Gasteiger partial charge in [0.05, 0.1) is 17.5 Å². The molecule has 1 spiro atoms. The number of carbonyl (C=O) groups is 3. The largest absolute Gasteiger partial charge is 0.489 e. The third kappa shape index (κ3) is 6.35. The zero-order valence-corrected chi connectivity index (χ0v) is 19.8. The number of allylic oxidation sites excluding steroid dienone is 1. The first-order valence-corrected chi connectivity index (χ1v) is 11.9. The third-order valence-electron chi connectivity index (χ3n) is 6.45. The molecule has 0 radical (unpaired) electrons. The van der Waals surface area contributed by atoms with Crippen LogP contribution >= 0.6 is 0 Å². The van der Waals surface area contributed by atoms with Gasteiger partial charge in [-0.05, 0) is 51.8 Å². The molecule has 1 saturated heterocycles. The van der Waals surface area contributed by atoms with Crippen LogP contribution in [0.1, 0.15) is 43.5 Å². The summed E-state index contributed by atoms with van der Waals surface area (Å²) in [4.78, 5) is 42.4. The van der Waals surface area contributed by atoms with Gasteiger partial charge in [-0.25, -0.2) is 0 Å². The summed E-state index contributed by atoms with van der Waals surface area (Å²) in [5.74, 6) is 0.381. The smallest absolute Gasteiger partial charge is 0.255 e. The van der Waals surface area contributed by atoms with Gasteiger partial charge in [0.2, 0.25) is 11.8 Å². The van der Waals surface area contributed by atoms with E-state index in [0.717, 1.165) is 19.4 Å². The van der Waals surface area contributed by atoms with Gasteiger partial charge >= 0.3 is 0 Å². The van der Waals surface area contributed by atoms with E-state index in [2.05, 4.69) is 15.5 Å². The Morgan fingerprint density at radius 3 is 2.67 bits per heavy atom. The van der Waals surface area contributed by atoms with E-state index < -0.39 is 5.41 Å². The van der Waals surface area contributed by atoms with E-state index >= 15 is 0 Å². The van der Waals surface area contributed by atoms with Gasteiger partial charge in [-0.3, -0.25) is 19.3 Å². The van der Waals surface area contributed by atoms with Crippen molar-refractivity contribution in [2.45, 2.75) is 33.1 Å². The zero-order chi connectivity index (χ0) is 23.7. The molecule has 0 aromatic heterocycles. The topological polar surface area (TPSA) is 91.0 Å². The number of nitrogens with zero attached hydrogens (tertiary/aromatic N) is 2. The number of nitrogens with one attached hydrogen (secondary N) is 2. The Morgan fingerprint density at radius 2 is 1.88 bits per heavy atom. The minimum Gasteiger partial charge on any atom is -0.489 e. The fraction of sp³-hybridized carbons (Fsp3) is 0.560. The van der Waals surface area contributed by atoms with Gasteiger partial charge in [-0.1, -0.05) is 24.3 Å². The Morgan fingerprint density at radius 1 is 1.12 bits per heavy atom. The number of piperidine rings is 1. The monoisotopic (exact) mass is 456 g/mol. The number of benzene rings is 1. The molecule has 8 heteroatoms. The van der Waals surface area contributed by atoms with E-state index in [-0.39, 0.29) is 17.7 Å². The number of likely N-dealkylation sites (N-methyl/N-ethyl adjacent to an activating group) is 1. The molecule has 0 bridgehead atoms. The van der Waals surface area contributed by atoms with E-state index in [9.17, 15) is 14.4 Å². The number of hydrogen-bond donors (Lipinski definition) is 2. The minimum absolute atomic E-state index is 0.0280. The lowest BCUT2D eigenvalue weighted by molar-refractivity contribution is -0.138. The molecule has 1 aromatic carbocycles. The Hall–Kier alpha value is -2.87. The molecule has 0 aliphatic carbocycles. The maximum Gasteiger partial charge on any atom is 0.255 e. The fourth-order valence-corrected chi connectivity index (χ4v) is 4.60. The maximum atomic E-state index is 13.3. The molecule has 1 atom stereocenters.